The smallest absolute Gasteiger partial charge is 0.316 e. The Kier molecular flexibility index (Phi) is 4.63. The van der Waals surface area contributed by atoms with E-state index in [4.69, 9.17) is 27.9 Å². The summed E-state index contributed by atoms with van der Waals surface area (Å²) in [5.41, 5.74) is 0.359. The minimum Gasteiger partial charge on any atom is -0.458 e. The molecule has 0 aliphatic carbocycles. The number of carbonyl (C=O) groups is 1. The largest absolute Gasteiger partial charge is 0.458 e. The zero-order valence-electron chi connectivity index (χ0n) is 11.9. The predicted octanol–water partition coefficient (Wildman–Crippen LogP) is 3.22. The number of ether oxygens (including phenoxy) is 1. The number of halogens is 3. The average molecular weight is 356 g/mol. The molecule has 1 aromatic heterocycles. The van der Waals surface area contributed by atoms with Gasteiger partial charge in [0.1, 0.15) is 6.10 Å². The molecule has 1 amide bonds. The Morgan fingerprint density at radius 1 is 1.30 bits per heavy atom. The molecule has 2 aromatic rings. The Labute approximate surface area is 142 Å². The molecule has 23 heavy (non-hydrogen) atoms. The van der Waals surface area contributed by atoms with E-state index >= 15 is 0 Å². The highest BCUT2D eigenvalue weighted by molar-refractivity contribution is 6.35. The van der Waals surface area contributed by atoms with Gasteiger partial charge in [-0.1, -0.05) is 23.2 Å². The van der Waals surface area contributed by atoms with E-state index in [1.807, 2.05) is 0 Å². The minimum atomic E-state index is -0.531. The average Bonchev–Trinajstić information content (AvgIpc) is 3.00. The summed E-state index contributed by atoms with van der Waals surface area (Å²) in [6.45, 7) is 0.899. The zero-order chi connectivity index (χ0) is 16.4. The summed E-state index contributed by atoms with van der Waals surface area (Å²) >= 11 is 12.0. The first kappa shape index (κ1) is 16.0. The highest BCUT2D eigenvalue weighted by Gasteiger charge is 2.29. The Bertz CT molecular complexity index is 727. The van der Waals surface area contributed by atoms with Crippen LogP contribution in [0.4, 0.5) is 4.39 Å². The molecule has 1 unspecified atom stereocenters. The lowest BCUT2D eigenvalue weighted by Gasteiger charge is -2.17. The van der Waals surface area contributed by atoms with Gasteiger partial charge in [-0.15, -0.1) is 0 Å². The van der Waals surface area contributed by atoms with E-state index in [2.05, 4.69) is 9.97 Å². The Morgan fingerprint density at radius 3 is 2.78 bits per heavy atom. The third-order valence-corrected chi connectivity index (χ3v) is 4.02. The first-order valence-electron chi connectivity index (χ1n) is 6.91. The second kappa shape index (κ2) is 6.68. The molecule has 3 rings (SSSR count). The van der Waals surface area contributed by atoms with Gasteiger partial charge in [0.05, 0.1) is 29.5 Å². The van der Waals surface area contributed by atoms with Gasteiger partial charge in [-0.3, -0.25) is 4.79 Å². The summed E-state index contributed by atoms with van der Waals surface area (Å²) in [7, 11) is 0. The van der Waals surface area contributed by atoms with Gasteiger partial charge in [-0.05, 0) is 18.2 Å². The summed E-state index contributed by atoms with van der Waals surface area (Å²) < 4.78 is 18.3. The van der Waals surface area contributed by atoms with Crippen LogP contribution in [-0.4, -0.2) is 40.0 Å². The monoisotopic (exact) mass is 355 g/mol. The van der Waals surface area contributed by atoms with Crippen molar-refractivity contribution >= 4 is 29.1 Å². The second-order valence-electron chi connectivity index (χ2n) is 5.09. The van der Waals surface area contributed by atoms with Crippen LogP contribution in [0.2, 0.25) is 10.0 Å². The number of amides is 1. The first-order valence-corrected chi connectivity index (χ1v) is 7.67. The van der Waals surface area contributed by atoms with Crippen LogP contribution in [0.15, 0.2) is 30.6 Å². The molecule has 2 heterocycles. The molecule has 0 saturated carbocycles. The van der Waals surface area contributed by atoms with Crippen LogP contribution in [0.5, 0.6) is 6.01 Å². The van der Waals surface area contributed by atoms with Crippen molar-refractivity contribution in [3.63, 3.8) is 0 Å². The summed E-state index contributed by atoms with van der Waals surface area (Å²) in [5.74, 6) is -0.736. The van der Waals surface area contributed by atoms with Crippen LogP contribution >= 0.6 is 23.2 Å². The normalized spacial score (nSPS) is 17.3. The maximum absolute atomic E-state index is 12.8. The fraction of sp³-hybridized carbons (Fsp3) is 0.267. The molecule has 1 aliphatic heterocycles. The molecular weight excluding hydrogens is 344 g/mol. The van der Waals surface area contributed by atoms with Crippen molar-refractivity contribution in [1.82, 2.24) is 14.9 Å². The maximum atomic E-state index is 12.8. The van der Waals surface area contributed by atoms with Gasteiger partial charge in [-0.2, -0.15) is 0 Å². The van der Waals surface area contributed by atoms with Crippen LogP contribution < -0.4 is 4.74 Å². The van der Waals surface area contributed by atoms with E-state index in [1.54, 1.807) is 23.1 Å². The maximum Gasteiger partial charge on any atom is 0.316 e. The lowest BCUT2D eigenvalue weighted by atomic mass is 10.2. The number of hydrogen-bond donors (Lipinski definition) is 0. The van der Waals surface area contributed by atoms with Gasteiger partial charge in [-0.25, -0.2) is 14.4 Å². The number of likely N-dealkylation sites (tertiary alicyclic amines) is 1. The SMILES string of the molecule is O=C(c1cc(Cl)ccc1Cl)N1CCC(Oc2ncc(F)cn2)C1. The first-order chi connectivity index (χ1) is 11.0. The number of carbonyl (C=O) groups excluding carboxylic acids is 1. The van der Waals surface area contributed by atoms with Gasteiger partial charge in [0.15, 0.2) is 5.82 Å². The number of aromatic nitrogens is 2. The lowest BCUT2D eigenvalue weighted by Crippen LogP contribution is -2.31. The molecule has 1 saturated heterocycles. The van der Waals surface area contributed by atoms with Crippen molar-refractivity contribution in [2.24, 2.45) is 0 Å². The van der Waals surface area contributed by atoms with Crippen molar-refractivity contribution in [1.29, 1.82) is 0 Å². The van der Waals surface area contributed by atoms with Crippen molar-refractivity contribution in [2.45, 2.75) is 12.5 Å². The van der Waals surface area contributed by atoms with E-state index in [0.717, 1.165) is 12.4 Å². The number of nitrogens with zero attached hydrogens (tertiary/aromatic N) is 3. The van der Waals surface area contributed by atoms with E-state index in [-0.39, 0.29) is 18.0 Å². The Balaban J connectivity index is 1.66. The van der Waals surface area contributed by atoms with Crippen LogP contribution in [-0.2, 0) is 0 Å². The lowest BCUT2D eigenvalue weighted by molar-refractivity contribution is 0.0770. The van der Waals surface area contributed by atoms with Gasteiger partial charge in [0.25, 0.3) is 5.91 Å². The summed E-state index contributed by atoms with van der Waals surface area (Å²) in [6.07, 6.45) is 2.45. The molecule has 1 aromatic carbocycles. The Hall–Kier alpha value is -1.92. The van der Waals surface area contributed by atoms with Crippen molar-refractivity contribution in [2.75, 3.05) is 13.1 Å². The fourth-order valence-corrected chi connectivity index (χ4v) is 2.72. The number of rotatable bonds is 3. The second-order valence-corrected chi connectivity index (χ2v) is 5.93. The molecule has 1 fully saturated rings. The topological polar surface area (TPSA) is 55.3 Å². The highest BCUT2D eigenvalue weighted by atomic mass is 35.5. The van der Waals surface area contributed by atoms with E-state index in [0.29, 0.717) is 35.1 Å². The summed E-state index contributed by atoms with van der Waals surface area (Å²) in [6, 6.07) is 4.85. The predicted molar refractivity (Wildman–Crippen MR) is 83.4 cm³/mol. The van der Waals surface area contributed by atoms with Crippen molar-refractivity contribution < 1.29 is 13.9 Å². The summed E-state index contributed by atoms with van der Waals surface area (Å²) in [5, 5.41) is 0.801. The van der Waals surface area contributed by atoms with Gasteiger partial charge in [0, 0.05) is 18.0 Å². The van der Waals surface area contributed by atoms with Crippen LogP contribution in [0, 0.1) is 5.82 Å². The minimum absolute atomic E-state index is 0.0893. The van der Waals surface area contributed by atoms with Gasteiger partial charge >= 0.3 is 6.01 Å². The van der Waals surface area contributed by atoms with Crippen LogP contribution in [0.1, 0.15) is 16.8 Å². The molecule has 5 nitrogen and oxygen atoms in total. The molecule has 1 atom stereocenters. The third kappa shape index (κ3) is 3.71. The Morgan fingerprint density at radius 2 is 2.04 bits per heavy atom. The molecule has 1 aliphatic rings. The highest BCUT2D eigenvalue weighted by Crippen LogP contribution is 2.24. The van der Waals surface area contributed by atoms with E-state index in [9.17, 15) is 9.18 Å². The molecule has 8 heteroatoms. The molecule has 120 valence electrons. The zero-order valence-corrected chi connectivity index (χ0v) is 13.4. The fourth-order valence-electron chi connectivity index (χ4n) is 2.35. The van der Waals surface area contributed by atoms with E-state index in [1.165, 1.54) is 0 Å². The molecule has 0 radical (unpaired) electrons. The number of benzene rings is 1. The van der Waals surface area contributed by atoms with Gasteiger partial charge < -0.3 is 9.64 Å². The summed E-state index contributed by atoms with van der Waals surface area (Å²) in [4.78, 5) is 21.6. The molecule has 0 bridgehead atoms. The molecule has 0 spiro atoms. The van der Waals surface area contributed by atoms with Crippen molar-refractivity contribution in [3.05, 3.63) is 52.0 Å². The van der Waals surface area contributed by atoms with Crippen LogP contribution in [0.3, 0.4) is 0 Å². The van der Waals surface area contributed by atoms with Crippen LogP contribution in [0.25, 0.3) is 0 Å². The van der Waals surface area contributed by atoms with Crippen molar-refractivity contribution in [3.8, 4) is 6.01 Å². The third-order valence-electron chi connectivity index (χ3n) is 3.46. The standard InChI is InChI=1S/C15H12Cl2FN3O2/c16-9-1-2-13(17)12(5-9)14(22)21-4-3-11(8-21)23-15-19-6-10(18)7-20-15/h1-2,5-7,11H,3-4,8H2. The van der Waals surface area contributed by atoms with Gasteiger partial charge in [0.2, 0.25) is 0 Å². The van der Waals surface area contributed by atoms with E-state index < -0.39 is 5.82 Å². The molecular formula is C15H12Cl2FN3O2. The quantitative estimate of drug-likeness (QED) is 0.848. The number of hydrogen-bond acceptors (Lipinski definition) is 4. The molecule has 0 N–H and O–H groups in total.